The molecule has 1 aromatic heterocycles. The monoisotopic (exact) mass is 275 g/mol. The lowest BCUT2D eigenvalue weighted by Gasteiger charge is -2.36. The van der Waals surface area contributed by atoms with Crippen molar-refractivity contribution in [2.24, 2.45) is 17.6 Å². The molecule has 1 aliphatic rings. The average Bonchev–Trinajstić information content (AvgIpc) is 2.49. The van der Waals surface area contributed by atoms with Crippen molar-refractivity contribution in [3.8, 4) is 0 Å². The van der Waals surface area contributed by atoms with E-state index in [0.29, 0.717) is 12.0 Å². The lowest BCUT2D eigenvalue weighted by molar-refractivity contribution is 0.153. The second-order valence-electron chi connectivity index (χ2n) is 6.16. The highest BCUT2D eigenvalue weighted by atomic mass is 15.1. The van der Waals surface area contributed by atoms with Crippen molar-refractivity contribution < 1.29 is 0 Å². The van der Waals surface area contributed by atoms with Crippen LogP contribution < -0.4 is 5.73 Å². The molecule has 0 aromatic carbocycles. The van der Waals surface area contributed by atoms with E-state index in [0.717, 1.165) is 31.2 Å². The van der Waals surface area contributed by atoms with Crippen LogP contribution in [0.25, 0.3) is 0 Å². The number of hydrogen-bond acceptors (Lipinski definition) is 3. The SMILES string of the molecule is CCC1CCC(N)C(CN(CC)Cc2ccccn2)C1. The molecule has 0 spiro atoms. The fourth-order valence-electron chi connectivity index (χ4n) is 3.32. The molecule has 2 rings (SSSR count). The number of aromatic nitrogens is 1. The van der Waals surface area contributed by atoms with E-state index in [4.69, 9.17) is 5.73 Å². The quantitative estimate of drug-likeness (QED) is 0.867. The summed E-state index contributed by atoms with van der Waals surface area (Å²) < 4.78 is 0. The van der Waals surface area contributed by atoms with E-state index >= 15 is 0 Å². The van der Waals surface area contributed by atoms with Gasteiger partial charge in [-0.1, -0.05) is 26.3 Å². The van der Waals surface area contributed by atoms with Crippen LogP contribution in [0.4, 0.5) is 0 Å². The lowest BCUT2D eigenvalue weighted by atomic mass is 9.77. The summed E-state index contributed by atoms with van der Waals surface area (Å²) in [6, 6.07) is 6.53. The third-order valence-electron chi connectivity index (χ3n) is 4.78. The first-order valence-electron chi connectivity index (χ1n) is 8.10. The largest absolute Gasteiger partial charge is 0.327 e. The van der Waals surface area contributed by atoms with Gasteiger partial charge in [0.1, 0.15) is 0 Å². The Kier molecular flexibility index (Phi) is 5.99. The van der Waals surface area contributed by atoms with E-state index in [1.807, 2.05) is 12.3 Å². The average molecular weight is 275 g/mol. The predicted molar refractivity (Wildman–Crippen MR) is 84.3 cm³/mol. The minimum atomic E-state index is 0.385. The molecule has 0 radical (unpaired) electrons. The maximum Gasteiger partial charge on any atom is 0.0543 e. The van der Waals surface area contributed by atoms with Crippen molar-refractivity contribution in [3.05, 3.63) is 30.1 Å². The van der Waals surface area contributed by atoms with Crippen LogP contribution in [0.5, 0.6) is 0 Å². The standard InChI is InChI=1S/C17H29N3/c1-3-14-8-9-17(18)15(11-14)12-20(4-2)13-16-7-5-6-10-19-16/h5-7,10,14-15,17H,3-4,8-9,11-13,18H2,1-2H3. The van der Waals surface area contributed by atoms with Crippen LogP contribution in [0.3, 0.4) is 0 Å². The second-order valence-corrected chi connectivity index (χ2v) is 6.16. The van der Waals surface area contributed by atoms with Crippen LogP contribution in [-0.4, -0.2) is 29.0 Å². The van der Waals surface area contributed by atoms with Crippen LogP contribution in [0.2, 0.25) is 0 Å². The predicted octanol–water partition coefficient (Wildman–Crippen LogP) is 3.06. The van der Waals surface area contributed by atoms with Crippen LogP contribution in [0, 0.1) is 11.8 Å². The topological polar surface area (TPSA) is 42.1 Å². The molecule has 20 heavy (non-hydrogen) atoms. The molecule has 0 aliphatic heterocycles. The smallest absolute Gasteiger partial charge is 0.0543 e. The van der Waals surface area contributed by atoms with E-state index in [1.165, 1.54) is 25.7 Å². The fraction of sp³-hybridized carbons (Fsp3) is 0.706. The van der Waals surface area contributed by atoms with Crippen molar-refractivity contribution in [1.29, 1.82) is 0 Å². The minimum Gasteiger partial charge on any atom is -0.327 e. The van der Waals surface area contributed by atoms with E-state index < -0.39 is 0 Å². The Labute approximate surface area is 123 Å². The van der Waals surface area contributed by atoms with Crippen LogP contribution in [0.15, 0.2) is 24.4 Å². The summed E-state index contributed by atoms with van der Waals surface area (Å²) in [4.78, 5) is 6.93. The molecule has 3 atom stereocenters. The highest BCUT2D eigenvalue weighted by molar-refractivity contribution is 5.03. The summed E-state index contributed by atoms with van der Waals surface area (Å²) in [5, 5.41) is 0. The molecule has 3 unspecified atom stereocenters. The molecular formula is C17H29N3. The van der Waals surface area contributed by atoms with Gasteiger partial charge in [0.05, 0.1) is 5.69 Å². The van der Waals surface area contributed by atoms with Gasteiger partial charge in [0.15, 0.2) is 0 Å². The van der Waals surface area contributed by atoms with Gasteiger partial charge in [0.25, 0.3) is 0 Å². The number of pyridine rings is 1. The summed E-state index contributed by atoms with van der Waals surface area (Å²) in [5.41, 5.74) is 7.51. The summed E-state index contributed by atoms with van der Waals surface area (Å²) in [5.74, 6) is 1.53. The second kappa shape index (κ2) is 7.75. The van der Waals surface area contributed by atoms with Crippen LogP contribution in [-0.2, 0) is 6.54 Å². The van der Waals surface area contributed by atoms with Crippen molar-refractivity contribution in [1.82, 2.24) is 9.88 Å². The Balaban J connectivity index is 1.91. The summed E-state index contributed by atoms with van der Waals surface area (Å²) in [6.07, 6.45) is 7.00. The van der Waals surface area contributed by atoms with E-state index in [-0.39, 0.29) is 0 Å². The van der Waals surface area contributed by atoms with Gasteiger partial charge >= 0.3 is 0 Å². The number of hydrogen-bond donors (Lipinski definition) is 1. The zero-order chi connectivity index (χ0) is 14.4. The minimum absolute atomic E-state index is 0.385. The van der Waals surface area contributed by atoms with Crippen molar-refractivity contribution in [2.75, 3.05) is 13.1 Å². The van der Waals surface area contributed by atoms with E-state index in [2.05, 4.69) is 35.9 Å². The van der Waals surface area contributed by atoms with Crippen molar-refractivity contribution >= 4 is 0 Å². The first kappa shape index (κ1) is 15.5. The highest BCUT2D eigenvalue weighted by Crippen LogP contribution is 2.31. The third kappa shape index (κ3) is 4.29. The normalized spacial score (nSPS) is 26.9. The molecule has 1 fully saturated rings. The third-order valence-corrected chi connectivity index (χ3v) is 4.78. The summed E-state index contributed by atoms with van der Waals surface area (Å²) >= 11 is 0. The summed E-state index contributed by atoms with van der Waals surface area (Å²) in [7, 11) is 0. The van der Waals surface area contributed by atoms with Gasteiger partial charge < -0.3 is 5.73 Å². The molecule has 1 aromatic rings. The number of nitrogens with zero attached hydrogens (tertiary/aromatic N) is 2. The molecule has 3 heteroatoms. The van der Waals surface area contributed by atoms with Crippen LogP contribution in [0.1, 0.15) is 45.2 Å². The highest BCUT2D eigenvalue weighted by Gasteiger charge is 2.28. The molecule has 1 saturated carbocycles. The Hall–Kier alpha value is -0.930. The molecule has 1 heterocycles. The van der Waals surface area contributed by atoms with Gasteiger partial charge in [0.2, 0.25) is 0 Å². The van der Waals surface area contributed by atoms with Crippen molar-refractivity contribution in [2.45, 2.75) is 52.1 Å². The zero-order valence-electron chi connectivity index (χ0n) is 13.0. The van der Waals surface area contributed by atoms with E-state index in [9.17, 15) is 0 Å². The molecule has 0 saturated heterocycles. The Morgan fingerprint density at radius 3 is 2.80 bits per heavy atom. The maximum absolute atomic E-state index is 6.35. The van der Waals surface area contributed by atoms with Crippen LogP contribution >= 0.6 is 0 Å². The molecule has 3 nitrogen and oxygen atoms in total. The Morgan fingerprint density at radius 2 is 2.15 bits per heavy atom. The van der Waals surface area contributed by atoms with Gasteiger partial charge in [-0.15, -0.1) is 0 Å². The molecule has 0 bridgehead atoms. The van der Waals surface area contributed by atoms with Gasteiger partial charge in [0, 0.05) is 25.3 Å². The summed E-state index contributed by atoms with van der Waals surface area (Å²) in [6.45, 7) is 7.66. The van der Waals surface area contributed by atoms with Gasteiger partial charge in [-0.2, -0.15) is 0 Å². The van der Waals surface area contributed by atoms with Gasteiger partial charge in [-0.05, 0) is 49.8 Å². The fourth-order valence-corrected chi connectivity index (χ4v) is 3.32. The zero-order valence-corrected chi connectivity index (χ0v) is 13.0. The molecule has 0 amide bonds. The maximum atomic E-state index is 6.35. The first-order valence-corrected chi connectivity index (χ1v) is 8.10. The van der Waals surface area contributed by atoms with E-state index in [1.54, 1.807) is 0 Å². The van der Waals surface area contributed by atoms with Crippen molar-refractivity contribution in [3.63, 3.8) is 0 Å². The van der Waals surface area contributed by atoms with Gasteiger partial charge in [-0.25, -0.2) is 0 Å². The molecule has 2 N–H and O–H groups in total. The number of rotatable bonds is 6. The first-order chi connectivity index (χ1) is 9.72. The lowest BCUT2D eigenvalue weighted by Crippen LogP contribution is -2.43. The number of nitrogens with two attached hydrogens (primary N) is 1. The molecule has 112 valence electrons. The molecule has 1 aliphatic carbocycles. The Bertz CT molecular complexity index is 379. The molecular weight excluding hydrogens is 246 g/mol. The Morgan fingerprint density at radius 1 is 1.30 bits per heavy atom. The van der Waals surface area contributed by atoms with Gasteiger partial charge in [-0.3, -0.25) is 9.88 Å².